The Labute approximate surface area is 206 Å². The normalized spacial score (nSPS) is 11.2. The molecule has 0 saturated carbocycles. The maximum atomic E-state index is 13.0. The van der Waals surface area contributed by atoms with E-state index < -0.39 is 17.8 Å². The van der Waals surface area contributed by atoms with Gasteiger partial charge in [0.1, 0.15) is 5.70 Å². The molecule has 3 rings (SSSR count). The van der Waals surface area contributed by atoms with Crippen LogP contribution in [0.15, 0.2) is 101 Å². The number of carbonyl (C=O) groups is 3. The number of carbonyl (C=O) groups excluding carboxylic acids is 3. The third-order valence-electron chi connectivity index (χ3n) is 4.62. The summed E-state index contributed by atoms with van der Waals surface area (Å²) in [4.78, 5) is 37.6. The fourth-order valence-electron chi connectivity index (χ4n) is 2.93. The van der Waals surface area contributed by atoms with Crippen LogP contribution >= 0.6 is 15.9 Å². The zero-order valence-corrected chi connectivity index (χ0v) is 20.0. The number of nitrogens with one attached hydrogen (secondary N) is 2. The number of hydrogen-bond donors (Lipinski definition) is 2. The Balaban J connectivity index is 1.80. The molecule has 0 aliphatic rings. The maximum Gasteiger partial charge on any atom is 0.338 e. The lowest BCUT2D eigenvalue weighted by molar-refractivity contribution is -0.113. The molecule has 0 aliphatic heterocycles. The van der Waals surface area contributed by atoms with Crippen molar-refractivity contribution in [3.05, 3.63) is 118 Å². The van der Waals surface area contributed by atoms with Gasteiger partial charge in [0.2, 0.25) is 0 Å². The van der Waals surface area contributed by atoms with Crippen LogP contribution in [-0.4, -0.2) is 24.4 Å². The van der Waals surface area contributed by atoms with Crippen molar-refractivity contribution in [2.75, 3.05) is 11.9 Å². The Morgan fingerprint density at radius 3 is 2.26 bits per heavy atom. The van der Waals surface area contributed by atoms with Crippen molar-refractivity contribution in [3.63, 3.8) is 0 Å². The van der Waals surface area contributed by atoms with Crippen LogP contribution < -0.4 is 10.6 Å². The Bertz CT molecular complexity index is 1220. The average molecular weight is 519 g/mol. The van der Waals surface area contributed by atoms with Crippen molar-refractivity contribution >= 4 is 45.5 Å². The maximum absolute atomic E-state index is 13.0. The van der Waals surface area contributed by atoms with Gasteiger partial charge in [0.05, 0.1) is 17.7 Å². The molecule has 0 bridgehead atoms. The highest BCUT2D eigenvalue weighted by molar-refractivity contribution is 9.10. The van der Waals surface area contributed by atoms with E-state index >= 15 is 0 Å². The summed E-state index contributed by atoms with van der Waals surface area (Å²) in [5.41, 5.74) is 2.24. The first kappa shape index (κ1) is 24.7. The lowest BCUT2D eigenvalue weighted by Gasteiger charge is -2.12. The molecule has 0 fully saturated rings. The molecule has 172 valence electrons. The molecule has 2 N–H and O–H groups in total. The van der Waals surface area contributed by atoms with E-state index in [2.05, 4.69) is 26.6 Å². The van der Waals surface area contributed by atoms with Gasteiger partial charge in [0.15, 0.2) is 0 Å². The molecule has 0 atom stereocenters. The van der Waals surface area contributed by atoms with Crippen molar-refractivity contribution < 1.29 is 19.1 Å². The summed E-state index contributed by atoms with van der Waals surface area (Å²) in [5.74, 6) is -1.38. The second kappa shape index (κ2) is 12.3. The Morgan fingerprint density at radius 2 is 1.59 bits per heavy atom. The fraction of sp³-hybridized carbons (Fsp3) is 0.0741. The number of halogens is 1. The summed E-state index contributed by atoms with van der Waals surface area (Å²) in [6.45, 7) is 2.01. The molecular formula is C27H23BrN2O4. The van der Waals surface area contributed by atoms with Crippen LogP contribution in [0, 0.1) is 0 Å². The molecule has 0 heterocycles. The van der Waals surface area contributed by atoms with E-state index in [0.29, 0.717) is 21.3 Å². The predicted molar refractivity (Wildman–Crippen MR) is 136 cm³/mol. The molecule has 3 aromatic carbocycles. The first-order chi connectivity index (χ1) is 16.5. The van der Waals surface area contributed by atoms with Gasteiger partial charge in [-0.2, -0.15) is 0 Å². The summed E-state index contributed by atoms with van der Waals surface area (Å²) in [5, 5.41) is 5.42. The van der Waals surface area contributed by atoms with Crippen molar-refractivity contribution in [2.24, 2.45) is 0 Å². The standard InChI is InChI=1S/C27H23BrN2O4/c1-2-34-27(33)20-15-17-21(18-16-20)29-26(32)24(14-8-11-19-9-4-3-5-10-19)30-25(31)22-12-6-7-13-23(22)28/h3-18H,2H2,1H3,(H,29,32)(H,30,31)/b11-8+,24-14-. The lowest BCUT2D eigenvalue weighted by atomic mass is 10.2. The molecule has 0 spiro atoms. The third-order valence-corrected chi connectivity index (χ3v) is 5.31. The largest absolute Gasteiger partial charge is 0.462 e. The molecule has 0 aromatic heterocycles. The zero-order valence-electron chi connectivity index (χ0n) is 18.5. The van der Waals surface area contributed by atoms with Gasteiger partial charge in [-0.3, -0.25) is 9.59 Å². The van der Waals surface area contributed by atoms with E-state index in [1.807, 2.05) is 36.4 Å². The molecule has 2 amide bonds. The van der Waals surface area contributed by atoms with E-state index in [9.17, 15) is 14.4 Å². The lowest BCUT2D eigenvalue weighted by Crippen LogP contribution is -2.31. The molecule has 34 heavy (non-hydrogen) atoms. The van der Waals surface area contributed by atoms with Crippen molar-refractivity contribution in [1.29, 1.82) is 0 Å². The van der Waals surface area contributed by atoms with Crippen LogP contribution in [0.4, 0.5) is 5.69 Å². The molecule has 6 nitrogen and oxygen atoms in total. The predicted octanol–water partition coefficient (Wildman–Crippen LogP) is 5.59. The highest BCUT2D eigenvalue weighted by atomic mass is 79.9. The van der Waals surface area contributed by atoms with Crippen LogP contribution in [0.1, 0.15) is 33.2 Å². The molecule has 7 heteroatoms. The van der Waals surface area contributed by atoms with E-state index in [-0.39, 0.29) is 12.3 Å². The number of ether oxygens (including phenoxy) is 1. The highest BCUT2D eigenvalue weighted by Gasteiger charge is 2.16. The number of benzene rings is 3. The Kier molecular flexibility index (Phi) is 8.94. The summed E-state index contributed by atoms with van der Waals surface area (Å²) < 4.78 is 5.58. The van der Waals surface area contributed by atoms with Gasteiger partial charge in [-0.25, -0.2) is 4.79 Å². The van der Waals surface area contributed by atoms with E-state index in [4.69, 9.17) is 4.74 Å². The average Bonchev–Trinajstić information content (AvgIpc) is 2.85. The van der Waals surface area contributed by atoms with Gasteiger partial charge in [-0.15, -0.1) is 0 Å². The number of hydrogen-bond acceptors (Lipinski definition) is 4. The number of esters is 1. The van der Waals surface area contributed by atoms with Crippen LogP contribution in [0.5, 0.6) is 0 Å². The summed E-state index contributed by atoms with van der Waals surface area (Å²) in [6, 6.07) is 22.8. The monoisotopic (exact) mass is 518 g/mol. The summed E-state index contributed by atoms with van der Waals surface area (Å²) >= 11 is 3.36. The minimum absolute atomic E-state index is 0.0578. The van der Waals surface area contributed by atoms with Crippen LogP contribution in [-0.2, 0) is 9.53 Å². The Hall–Kier alpha value is -3.97. The van der Waals surface area contributed by atoms with Gasteiger partial charge in [-0.05, 0) is 70.9 Å². The van der Waals surface area contributed by atoms with E-state index in [0.717, 1.165) is 5.56 Å². The van der Waals surface area contributed by atoms with E-state index in [1.54, 1.807) is 61.5 Å². The highest BCUT2D eigenvalue weighted by Crippen LogP contribution is 2.17. The van der Waals surface area contributed by atoms with Crippen LogP contribution in [0.2, 0.25) is 0 Å². The smallest absolute Gasteiger partial charge is 0.338 e. The minimum Gasteiger partial charge on any atom is -0.462 e. The van der Waals surface area contributed by atoms with Gasteiger partial charge in [-0.1, -0.05) is 54.6 Å². The molecule has 0 saturated heterocycles. The number of amides is 2. The van der Waals surface area contributed by atoms with Gasteiger partial charge < -0.3 is 15.4 Å². The fourth-order valence-corrected chi connectivity index (χ4v) is 3.40. The van der Waals surface area contributed by atoms with Crippen molar-refractivity contribution in [1.82, 2.24) is 5.32 Å². The second-order valence-corrected chi connectivity index (χ2v) is 7.89. The molecule has 3 aromatic rings. The molecule has 0 unspecified atom stereocenters. The zero-order chi connectivity index (χ0) is 24.3. The first-order valence-electron chi connectivity index (χ1n) is 10.6. The van der Waals surface area contributed by atoms with Gasteiger partial charge in [0, 0.05) is 10.2 Å². The van der Waals surface area contributed by atoms with Crippen LogP contribution in [0.3, 0.4) is 0 Å². The third kappa shape index (κ3) is 7.02. The van der Waals surface area contributed by atoms with E-state index in [1.165, 1.54) is 6.08 Å². The Morgan fingerprint density at radius 1 is 0.912 bits per heavy atom. The molecule has 0 radical (unpaired) electrons. The van der Waals surface area contributed by atoms with Crippen molar-refractivity contribution in [3.8, 4) is 0 Å². The number of rotatable bonds is 8. The topological polar surface area (TPSA) is 84.5 Å². The van der Waals surface area contributed by atoms with Gasteiger partial charge >= 0.3 is 5.97 Å². The minimum atomic E-state index is -0.512. The quantitative estimate of drug-likeness (QED) is 0.231. The van der Waals surface area contributed by atoms with Crippen molar-refractivity contribution in [2.45, 2.75) is 6.92 Å². The van der Waals surface area contributed by atoms with Gasteiger partial charge in [0.25, 0.3) is 11.8 Å². The van der Waals surface area contributed by atoms with Crippen LogP contribution in [0.25, 0.3) is 6.08 Å². The summed E-state index contributed by atoms with van der Waals surface area (Å²) in [6.07, 6.45) is 5.05. The molecule has 0 aliphatic carbocycles. The number of allylic oxidation sites excluding steroid dienone is 2. The number of anilines is 1. The SMILES string of the molecule is CCOC(=O)c1ccc(NC(=O)/C(=C/C=C/c2ccccc2)NC(=O)c2ccccc2Br)cc1. The second-order valence-electron chi connectivity index (χ2n) is 7.04. The summed E-state index contributed by atoms with van der Waals surface area (Å²) in [7, 11) is 0. The molecular weight excluding hydrogens is 496 g/mol. The first-order valence-corrected chi connectivity index (χ1v) is 11.3.